The van der Waals surface area contributed by atoms with Crippen molar-refractivity contribution in [3.8, 4) is 0 Å². The summed E-state index contributed by atoms with van der Waals surface area (Å²) in [7, 11) is 0. The molecule has 142 valence electrons. The van der Waals surface area contributed by atoms with Gasteiger partial charge >= 0.3 is 5.97 Å². The summed E-state index contributed by atoms with van der Waals surface area (Å²) in [6, 6.07) is 9.48. The van der Waals surface area contributed by atoms with Crippen LogP contribution in [0.1, 0.15) is 29.8 Å². The molecule has 0 aromatic heterocycles. The summed E-state index contributed by atoms with van der Waals surface area (Å²) in [6.07, 6.45) is 2.01. The summed E-state index contributed by atoms with van der Waals surface area (Å²) in [5.74, 6) is -2.41. The predicted octanol–water partition coefficient (Wildman–Crippen LogP) is 5.44. The molecule has 0 aliphatic rings. The van der Waals surface area contributed by atoms with Gasteiger partial charge in [0.15, 0.2) is 0 Å². The Hall–Kier alpha value is -2.37. The third kappa shape index (κ3) is 5.08. The zero-order chi connectivity index (χ0) is 20.0. The molecule has 1 N–H and O–H groups in total. The molecule has 27 heavy (non-hydrogen) atoms. The molecule has 2 rings (SSSR count). The molecule has 0 aliphatic carbocycles. The summed E-state index contributed by atoms with van der Waals surface area (Å²) in [5, 5.41) is 2.68. The highest BCUT2D eigenvalue weighted by Gasteiger charge is 2.24. The van der Waals surface area contributed by atoms with Gasteiger partial charge in [-0.15, -0.1) is 0 Å². The van der Waals surface area contributed by atoms with Crippen LogP contribution in [0.4, 0.5) is 10.1 Å². The van der Waals surface area contributed by atoms with Gasteiger partial charge in [0.05, 0.1) is 16.7 Å². The van der Waals surface area contributed by atoms with E-state index in [0.29, 0.717) is 0 Å². The first kappa shape index (κ1) is 20.9. The summed E-state index contributed by atoms with van der Waals surface area (Å²) >= 11 is 11.7. The van der Waals surface area contributed by atoms with Crippen LogP contribution in [0, 0.1) is 5.82 Å². The maximum Gasteiger partial charge on any atom is 0.343 e. The number of anilines is 1. The van der Waals surface area contributed by atoms with E-state index >= 15 is 0 Å². The number of halogens is 3. The molecule has 0 unspecified atom stereocenters. The van der Waals surface area contributed by atoms with Gasteiger partial charge in [-0.25, -0.2) is 9.18 Å². The second-order valence-corrected chi connectivity index (χ2v) is 6.32. The van der Waals surface area contributed by atoms with Gasteiger partial charge in [0.2, 0.25) is 5.78 Å². The fourth-order valence-electron chi connectivity index (χ4n) is 2.39. The fourth-order valence-corrected chi connectivity index (χ4v) is 2.86. The first-order valence-corrected chi connectivity index (χ1v) is 9.05. The number of benzene rings is 2. The molecular formula is C20H18Cl2FNO3. The van der Waals surface area contributed by atoms with E-state index in [4.69, 9.17) is 27.9 Å². The second kappa shape index (κ2) is 9.53. The van der Waals surface area contributed by atoms with Crippen LogP contribution in [-0.2, 0) is 16.0 Å². The first-order valence-electron chi connectivity index (χ1n) is 8.30. The van der Waals surface area contributed by atoms with Crippen molar-refractivity contribution >= 4 is 40.6 Å². The number of hydrogen-bond donors (Lipinski definition) is 1. The summed E-state index contributed by atoms with van der Waals surface area (Å²) < 4.78 is 18.7. The Morgan fingerprint density at radius 1 is 1.15 bits per heavy atom. The molecule has 2 aromatic carbocycles. The van der Waals surface area contributed by atoms with Crippen molar-refractivity contribution in [2.45, 2.75) is 20.3 Å². The number of nitrogens with one attached hydrogen (secondary N) is 1. The number of carbonyl (C=O) groups is 2. The number of ether oxygens (including phenoxy) is 1. The number of carbonyl (C=O) groups excluding carboxylic acids is 2. The molecule has 0 spiro atoms. The van der Waals surface area contributed by atoms with Crippen LogP contribution in [0.2, 0.25) is 10.0 Å². The van der Waals surface area contributed by atoms with Crippen molar-refractivity contribution in [2.24, 2.45) is 0 Å². The van der Waals surface area contributed by atoms with Crippen LogP contribution < -0.4 is 5.32 Å². The van der Waals surface area contributed by atoms with Crippen LogP contribution >= 0.6 is 23.2 Å². The Morgan fingerprint density at radius 2 is 1.85 bits per heavy atom. The van der Waals surface area contributed by atoms with Crippen LogP contribution in [0.25, 0.3) is 0 Å². The Balaban J connectivity index is 2.44. The van der Waals surface area contributed by atoms with Gasteiger partial charge < -0.3 is 10.1 Å². The van der Waals surface area contributed by atoms with Crippen molar-refractivity contribution in [1.82, 2.24) is 0 Å². The van der Waals surface area contributed by atoms with Crippen molar-refractivity contribution in [3.63, 3.8) is 0 Å². The predicted molar refractivity (Wildman–Crippen MR) is 105 cm³/mol. The molecule has 0 atom stereocenters. The standard InChI is InChI=1S/C20H18Cl2FNO3/c1-3-12-7-5-6-8-18(12)24-11-14(20(26)27-4-2)19(25)13-9-17(23)16(22)10-15(13)21/h5-11,24H,3-4H2,1-2H3. The van der Waals surface area contributed by atoms with E-state index in [0.717, 1.165) is 29.8 Å². The lowest BCUT2D eigenvalue weighted by molar-refractivity contribution is -0.138. The zero-order valence-corrected chi connectivity index (χ0v) is 16.3. The quantitative estimate of drug-likeness (QED) is 0.165. The van der Waals surface area contributed by atoms with E-state index in [2.05, 4.69) is 5.32 Å². The van der Waals surface area contributed by atoms with Crippen molar-refractivity contribution in [1.29, 1.82) is 0 Å². The van der Waals surface area contributed by atoms with Gasteiger partial charge in [-0.3, -0.25) is 4.79 Å². The van der Waals surface area contributed by atoms with Crippen LogP contribution in [0.5, 0.6) is 0 Å². The van der Waals surface area contributed by atoms with Crippen LogP contribution in [0.15, 0.2) is 48.2 Å². The number of Topliss-reactive ketones (excluding diaryl/α,β-unsaturated/α-hetero) is 1. The molecule has 0 radical (unpaired) electrons. The highest BCUT2D eigenvalue weighted by molar-refractivity contribution is 6.39. The lowest BCUT2D eigenvalue weighted by atomic mass is 10.0. The van der Waals surface area contributed by atoms with Crippen molar-refractivity contribution in [3.05, 3.63) is 75.2 Å². The molecule has 0 bridgehead atoms. The van der Waals surface area contributed by atoms with Gasteiger partial charge in [-0.2, -0.15) is 0 Å². The van der Waals surface area contributed by atoms with E-state index < -0.39 is 17.6 Å². The number of esters is 1. The van der Waals surface area contributed by atoms with Gasteiger partial charge in [0.25, 0.3) is 0 Å². The highest BCUT2D eigenvalue weighted by atomic mass is 35.5. The molecule has 7 heteroatoms. The minimum Gasteiger partial charge on any atom is -0.462 e. The first-order chi connectivity index (χ1) is 12.9. The third-order valence-electron chi connectivity index (χ3n) is 3.76. The van der Waals surface area contributed by atoms with Crippen molar-refractivity contribution in [2.75, 3.05) is 11.9 Å². The number of aryl methyl sites for hydroxylation is 1. The number of ketones is 1. The largest absolute Gasteiger partial charge is 0.462 e. The van der Waals surface area contributed by atoms with Gasteiger partial charge in [0, 0.05) is 17.5 Å². The fraction of sp³-hybridized carbons (Fsp3) is 0.200. The lowest BCUT2D eigenvalue weighted by Gasteiger charge is -2.11. The Morgan fingerprint density at radius 3 is 2.52 bits per heavy atom. The topological polar surface area (TPSA) is 55.4 Å². The molecule has 0 fully saturated rings. The molecular weight excluding hydrogens is 392 g/mol. The van der Waals surface area contributed by atoms with E-state index in [1.807, 2.05) is 31.2 Å². The molecule has 0 saturated heterocycles. The Kier molecular flexibility index (Phi) is 7.39. The summed E-state index contributed by atoms with van der Waals surface area (Å²) in [6.45, 7) is 3.68. The number of para-hydroxylation sites is 1. The molecule has 2 aromatic rings. The van der Waals surface area contributed by atoms with Gasteiger partial charge in [-0.1, -0.05) is 48.3 Å². The third-order valence-corrected chi connectivity index (χ3v) is 4.37. The molecule has 0 heterocycles. The van der Waals surface area contributed by atoms with Crippen LogP contribution in [-0.4, -0.2) is 18.4 Å². The highest BCUT2D eigenvalue weighted by Crippen LogP contribution is 2.27. The average molecular weight is 410 g/mol. The Labute approximate surface area is 166 Å². The van der Waals surface area contributed by atoms with Crippen molar-refractivity contribution < 1.29 is 18.7 Å². The number of hydrogen-bond acceptors (Lipinski definition) is 4. The Bertz CT molecular complexity index is 897. The average Bonchev–Trinajstić information content (AvgIpc) is 2.65. The van der Waals surface area contributed by atoms with E-state index in [1.54, 1.807) is 6.92 Å². The van der Waals surface area contributed by atoms with E-state index in [9.17, 15) is 14.0 Å². The normalized spacial score (nSPS) is 11.2. The molecule has 4 nitrogen and oxygen atoms in total. The summed E-state index contributed by atoms with van der Waals surface area (Å²) in [4.78, 5) is 25.1. The number of rotatable bonds is 7. The van der Waals surface area contributed by atoms with E-state index in [-0.39, 0.29) is 27.8 Å². The summed E-state index contributed by atoms with van der Waals surface area (Å²) in [5.41, 5.74) is 1.26. The molecule has 0 amide bonds. The molecule has 0 aliphatic heterocycles. The van der Waals surface area contributed by atoms with E-state index in [1.165, 1.54) is 6.20 Å². The maximum absolute atomic E-state index is 13.8. The minimum absolute atomic E-state index is 0.0597. The minimum atomic E-state index is -0.838. The lowest BCUT2D eigenvalue weighted by Crippen LogP contribution is -2.18. The van der Waals surface area contributed by atoms with Gasteiger partial charge in [0.1, 0.15) is 11.4 Å². The smallest absolute Gasteiger partial charge is 0.343 e. The zero-order valence-electron chi connectivity index (χ0n) is 14.8. The molecule has 0 saturated carbocycles. The monoisotopic (exact) mass is 409 g/mol. The SMILES string of the molecule is CCOC(=O)C(=CNc1ccccc1CC)C(=O)c1cc(F)c(Cl)cc1Cl. The maximum atomic E-state index is 13.8. The van der Waals surface area contributed by atoms with Gasteiger partial charge in [-0.05, 0) is 37.1 Å². The van der Waals surface area contributed by atoms with Crippen LogP contribution in [0.3, 0.4) is 0 Å². The second-order valence-electron chi connectivity index (χ2n) is 5.51.